The largest absolute Gasteiger partial charge is 0.534 e. The average molecular weight is 738 g/mol. The molecule has 0 spiro atoms. The Labute approximate surface area is 284 Å². The standard InChI is InChI=1S/C32H37F6N3O8S/c1-5-6-15-48-30(43)41-11-9-22-24(26(46-3)16-20(2)28(22)41)18-40-14-13-39(12-10-31(33,34)35)19-25(40)21-7-8-23(29(42)47-4)27(17-21)49-50(44,45)32(36,37)38/h7-9,11,16-17,25H,5-6,10,12-15,18-19H2,1-4H3. The average Bonchev–Trinajstić information content (AvgIpc) is 3.50. The summed E-state index contributed by atoms with van der Waals surface area (Å²) in [4.78, 5) is 28.7. The number of unbranched alkanes of at least 4 members (excludes halogenated alkanes) is 1. The SMILES string of the molecule is CCCCOC(=O)n1ccc2c(CN3CCN(CCC(F)(F)F)CC3c3ccc(C(=O)OC)c(OS(=O)(=O)C(F)(F)F)c3)c(OC)cc(C)c21. The number of aromatic nitrogens is 1. The maximum absolute atomic E-state index is 13.3. The predicted octanol–water partition coefficient (Wildman–Crippen LogP) is 6.57. The van der Waals surface area contributed by atoms with Crippen molar-refractivity contribution in [3.8, 4) is 11.5 Å². The van der Waals surface area contributed by atoms with Gasteiger partial charge in [0.1, 0.15) is 11.3 Å². The highest BCUT2D eigenvalue weighted by atomic mass is 32.2. The quantitative estimate of drug-likeness (QED) is 0.0665. The molecule has 0 radical (unpaired) electrons. The molecule has 1 aliphatic rings. The van der Waals surface area contributed by atoms with Gasteiger partial charge in [-0.1, -0.05) is 19.4 Å². The van der Waals surface area contributed by atoms with Crippen LogP contribution in [0.5, 0.6) is 11.5 Å². The monoisotopic (exact) mass is 737 g/mol. The molecule has 0 N–H and O–H groups in total. The molecule has 1 fully saturated rings. The topological polar surface area (TPSA) is 117 Å². The number of carbonyl (C=O) groups is 2. The number of aryl methyl sites for hydroxylation is 1. The molecule has 4 rings (SSSR count). The zero-order valence-electron chi connectivity index (χ0n) is 27.7. The van der Waals surface area contributed by atoms with Crippen LogP contribution in [-0.2, 0) is 26.1 Å². The first-order valence-corrected chi connectivity index (χ1v) is 16.9. The fourth-order valence-corrected chi connectivity index (χ4v) is 6.24. The molecule has 50 heavy (non-hydrogen) atoms. The number of nitrogens with zero attached hydrogens (tertiary/aromatic N) is 3. The fraction of sp³-hybridized carbons (Fsp3) is 0.500. The zero-order valence-corrected chi connectivity index (χ0v) is 28.5. The second-order valence-corrected chi connectivity index (χ2v) is 13.2. The van der Waals surface area contributed by atoms with E-state index in [1.807, 2.05) is 11.8 Å². The van der Waals surface area contributed by atoms with E-state index in [9.17, 15) is 44.3 Å². The van der Waals surface area contributed by atoms with Gasteiger partial charge in [0, 0.05) is 55.9 Å². The van der Waals surface area contributed by atoms with Crippen LogP contribution in [0, 0.1) is 6.92 Å². The molecular formula is C32H37F6N3O8S. The lowest BCUT2D eigenvalue weighted by molar-refractivity contribution is -0.139. The maximum atomic E-state index is 13.3. The third kappa shape index (κ3) is 8.81. The summed E-state index contributed by atoms with van der Waals surface area (Å²) in [5.74, 6) is -1.71. The van der Waals surface area contributed by atoms with Crippen LogP contribution in [-0.4, -0.2) is 93.5 Å². The Balaban J connectivity index is 1.80. The highest BCUT2D eigenvalue weighted by Crippen LogP contribution is 2.38. The summed E-state index contributed by atoms with van der Waals surface area (Å²) >= 11 is 0. The van der Waals surface area contributed by atoms with E-state index in [2.05, 4.69) is 8.92 Å². The number of hydrogen-bond acceptors (Lipinski definition) is 10. The summed E-state index contributed by atoms with van der Waals surface area (Å²) in [7, 11) is -3.84. The van der Waals surface area contributed by atoms with Crippen molar-refractivity contribution in [2.45, 2.75) is 57.4 Å². The van der Waals surface area contributed by atoms with E-state index < -0.39 is 57.6 Å². The van der Waals surface area contributed by atoms with Gasteiger partial charge >= 0.3 is 33.9 Å². The molecular weight excluding hydrogens is 700 g/mol. The number of esters is 1. The first-order valence-electron chi connectivity index (χ1n) is 15.5. The minimum absolute atomic E-state index is 0.0544. The summed E-state index contributed by atoms with van der Waals surface area (Å²) in [5.41, 5.74) is -4.45. The van der Waals surface area contributed by atoms with E-state index in [-0.39, 0.29) is 44.9 Å². The van der Waals surface area contributed by atoms with Gasteiger partial charge in [-0.2, -0.15) is 34.8 Å². The molecule has 2 heterocycles. The number of halogens is 6. The Bertz CT molecular complexity index is 1810. The number of rotatable bonds is 12. The molecule has 2 aromatic carbocycles. The number of benzene rings is 2. The van der Waals surface area contributed by atoms with Crippen molar-refractivity contribution < 1.29 is 62.7 Å². The molecule has 3 aromatic rings. The van der Waals surface area contributed by atoms with Crippen LogP contribution in [0.25, 0.3) is 10.9 Å². The number of methoxy groups -OCH3 is 2. The highest BCUT2D eigenvalue weighted by molar-refractivity contribution is 7.88. The molecule has 0 bridgehead atoms. The van der Waals surface area contributed by atoms with Gasteiger partial charge < -0.3 is 18.4 Å². The van der Waals surface area contributed by atoms with E-state index in [1.165, 1.54) is 22.6 Å². The van der Waals surface area contributed by atoms with Crippen LogP contribution in [0.3, 0.4) is 0 Å². The molecule has 1 atom stereocenters. The normalized spacial score (nSPS) is 16.4. The van der Waals surface area contributed by atoms with Gasteiger partial charge in [0.15, 0.2) is 5.75 Å². The Morgan fingerprint density at radius 3 is 2.34 bits per heavy atom. The molecule has 276 valence electrons. The van der Waals surface area contributed by atoms with Crippen molar-refractivity contribution >= 4 is 33.1 Å². The Morgan fingerprint density at radius 2 is 1.72 bits per heavy atom. The van der Waals surface area contributed by atoms with E-state index in [0.717, 1.165) is 25.7 Å². The predicted molar refractivity (Wildman–Crippen MR) is 169 cm³/mol. The molecule has 11 nitrogen and oxygen atoms in total. The number of ether oxygens (including phenoxy) is 3. The number of fused-ring (bicyclic) bond motifs is 1. The van der Waals surface area contributed by atoms with Crippen molar-refractivity contribution in [3.05, 3.63) is 58.8 Å². The highest BCUT2D eigenvalue weighted by Gasteiger charge is 2.49. The van der Waals surface area contributed by atoms with Crippen molar-refractivity contribution in [2.24, 2.45) is 0 Å². The van der Waals surface area contributed by atoms with Gasteiger partial charge in [-0.3, -0.25) is 14.4 Å². The summed E-state index contributed by atoms with van der Waals surface area (Å²) in [6, 6.07) is 5.89. The molecule has 1 unspecified atom stereocenters. The zero-order chi connectivity index (χ0) is 37.0. The molecule has 1 saturated heterocycles. The Kier molecular flexibility index (Phi) is 12.0. The van der Waals surface area contributed by atoms with E-state index in [1.54, 1.807) is 25.3 Å². The number of hydrogen-bond donors (Lipinski definition) is 0. The minimum atomic E-state index is -6.22. The van der Waals surface area contributed by atoms with Crippen LogP contribution in [0.1, 0.15) is 59.3 Å². The van der Waals surface area contributed by atoms with Crippen LogP contribution in [0.4, 0.5) is 31.1 Å². The van der Waals surface area contributed by atoms with Crippen LogP contribution in [0.15, 0.2) is 36.5 Å². The molecule has 0 saturated carbocycles. The number of alkyl halides is 6. The van der Waals surface area contributed by atoms with Gasteiger partial charge in [-0.25, -0.2) is 9.59 Å². The lowest BCUT2D eigenvalue weighted by atomic mass is 9.97. The van der Waals surface area contributed by atoms with Crippen molar-refractivity contribution in [1.29, 1.82) is 0 Å². The first-order chi connectivity index (χ1) is 23.4. The Hall–Kier alpha value is -4.03. The Morgan fingerprint density at radius 1 is 1.00 bits per heavy atom. The fourth-order valence-electron chi connectivity index (χ4n) is 5.77. The lowest BCUT2D eigenvalue weighted by Gasteiger charge is -2.42. The summed E-state index contributed by atoms with van der Waals surface area (Å²) in [5, 5.41) is 0.619. The van der Waals surface area contributed by atoms with Crippen molar-refractivity contribution in [2.75, 3.05) is 47.0 Å². The second kappa shape index (κ2) is 15.5. The van der Waals surface area contributed by atoms with Gasteiger partial charge in [-0.05, 0) is 48.7 Å². The van der Waals surface area contributed by atoms with Crippen molar-refractivity contribution in [3.63, 3.8) is 0 Å². The van der Waals surface area contributed by atoms with Crippen LogP contribution in [0.2, 0.25) is 0 Å². The van der Waals surface area contributed by atoms with Crippen molar-refractivity contribution in [1.82, 2.24) is 14.4 Å². The molecule has 18 heteroatoms. The minimum Gasteiger partial charge on any atom is -0.496 e. The first kappa shape index (κ1) is 38.8. The molecule has 1 aromatic heterocycles. The van der Waals surface area contributed by atoms with Crippen LogP contribution >= 0.6 is 0 Å². The molecule has 1 aliphatic heterocycles. The maximum Gasteiger partial charge on any atom is 0.534 e. The lowest BCUT2D eigenvalue weighted by Crippen LogP contribution is -2.48. The summed E-state index contributed by atoms with van der Waals surface area (Å²) in [6.45, 7) is 3.97. The van der Waals surface area contributed by atoms with Gasteiger partial charge in [-0.15, -0.1) is 0 Å². The summed E-state index contributed by atoms with van der Waals surface area (Å²) in [6.07, 6.45) is -3.11. The number of piperazine rings is 1. The van der Waals surface area contributed by atoms with E-state index in [4.69, 9.17) is 9.47 Å². The van der Waals surface area contributed by atoms with E-state index in [0.29, 0.717) is 34.2 Å². The molecule has 0 amide bonds. The smallest absolute Gasteiger partial charge is 0.496 e. The third-order valence-electron chi connectivity index (χ3n) is 8.30. The van der Waals surface area contributed by atoms with Gasteiger partial charge in [0.25, 0.3) is 0 Å². The van der Waals surface area contributed by atoms with Crippen LogP contribution < -0.4 is 8.92 Å². The third-order valence-corrected chi connectivity index (χ3v) is 9.26. The second-order valence-electron chi connectivity index (χ2n) is 11.7. The van der Waals surface area contributed by atoms with Gasteiger partial charge in [0.05, 0.1) is 32.8 Å². The molecule has 0 aliphatic carbocycles. The summed E-state index contributed by atoms with van der Waals surface area (Å²) < 4.78 is 125. The van der Waals surface area contributed by atoms with E-state index >= 15 is 0 Å². The van der Waals surface area contributed by atoms with Gasteiger partial charge in [0.2, 0.25) is 0 Å². The number of carbonyl (C=O) groups excluding carboxylic acids is 2.